The molecule has 1 aromatic heterocycles. The lowest BCUT2D eigenvalue weighted by atomic mass is 10.3. The van der Waals surface area contributed by atoms with E-state index in [2.05, 4.69) is 37.2 Å². The first-order chi connectivity index (χ1) is 8.56. The molecule has 0 saturated heterocycles. The Balaban J connectivity index is 2.04. The molecule has 0 unspecified atom stereocenters. The molecule has 1 aromatic carbocycles. The molecular weight excluding hydrogens is 366 g/mol. The van der Waals surface area contributed by atoms with Crippen molar-refractivity contribution in [2.45, 2.75) is 6.54 Å². The number of hydrogen-bond donors (Lipinski definition) is 2. The third-order valence-electron chi connectivity index (χ3n) is 2.26. The number of carbonyl (C=O) groups is 1. The second kappa shape index (κ2) is 5.58. The quantitative estimate of drug-likeness (QED) is 0.845. The Hall–Kier alpha value is -1.27. The van der Waals surface area contributed by atoms with Gasteiger partial charge in [0, 0.05) is 14.6 Å². The van der Waals surface area contributed by atoms with Gasteiger partial charge in [0.05, 0.1) is 6.54 Å². The molecule has 6 heteroatoms. The van der Waals surface area contributed by atoms with Crippen LogP contribution < -0.4 is 5.32 Å². The van der Waals surface area contributed by atoms with E-state index < -0.39 is 5.97 Å². The van der Waals surface area contributed by atoms with Crippen molar-refractivity contribution in [3.05, 3.63) is 50.8 Å². The number of benzene rings is 1. The number of aromatic carboxylic acids is 1. The Bertz CT molecular complexity index is 580. The van der Waals surface area contributed by atoms with Crippen molar-refractivity contribution in [1.29, 1.82) is 0 Å². The standard InChI is InChI=1S/C12H9Br2NO3/c13-7-1-3-10(9(14)5-7)15-6-8-2-4-11(18-8)12(16)17/h1-5,15H,6H2,(H,16,17). The zero-order chi connectivity index (χ0) is 13.1. The highest BCUT2D eigenvalue weighted by Gasteiger charge is 2.09. The Morgan fingerprint density at radius 3 is 2.67 bits per heavy atom. The van der Waals surface area contributed by atoms with Gasteiger partial charge in [-0.1, -0.05) is 15.9 Å². The maximum atomic E-state index is 10.7. The smallest absolute Gasteiger partial charge is 0.371 e. The number of halogens is 2. The number of hydrogen-bond acceptors (Lipinski definition) is 3. The summed E-state index contributed by atoms with van der Waals surface area (Å²) in [4.78, 5) is 10.7. The molecule has 1 heterocycles. The Morgan fingerprint density at radius 1 is 1.28 bits per heavy atom. The van der Waals surface area contributed by atoms with Crippen LogP contribution in [0.4, 0.5) is 5.69 Å². The van der Waals surface area contributed by atoms with Crippen LogP contribution in [-0.2, 0) is 6.54 Å². The fourth-order valence-corrected chi connectivity index (χ4v) is 2.59. The van der Waals surface area contributed by atoms with Crippen LogP contribution in [0.15, 0.2) is 43.7 Å². The van der Waals surface area contributed by atoms with Crippen LogP contribution in [0.3, 0.4) is 0 Å². The lowest BCUT2D eigenvalue weighted by Gasteiger charge is -2.07. The molecule has 0 bridgehead atoms. The summed E-state index contributed by atoms with van der Waals surface area (Å²) in [5, 5.41) is 11.9. The topological polar surface area (TPSA) is 62.5 Å². The van der Waals surface area contributed by atoms with Crippen molar-refractivity contribution in [3.63, 3.8) is 0 Å². The fraction of sp³-hybridized carbons (Fsp3) is 0.0833. The van der Waals surface area contributed by atoms with Gasteiger partial charge in [-0.15, -0.1) is 0 Å². The predicted octanol–water partition coefficient (Wildman–Crippen LogP) is 4.11. The van der Waals surface area contributed by atoms with Gasteiger partial charge >= 0.3 is 5.97 Å². The zero-order valence-corrected chi connectivity index (χ0v) is 12.3. The number of nitrogens with one attached hydrogen (secondary N) is 1. The molecule has 18 heavy (non-hydrogen) atoms. The van der Waals surface area contributed by atoms with E-state index in [4.69, 9.17) is 9.52 Å². The van der Waals surface area contributed by atoms with E-state index in [0.29, 0.717) is 12.3 Å². The minimum atomic E-state index is -1.06. The number of rotatable bonds is 4. The fourth-order valence-electron chi connectivity index (χ4n) is 1.40. The Morgan fingerprint density at radius 2 is 2.06 bits per heavy atom. The van der Waals surface area contributed by atoms with Gasteiger partial charge < -0.3 is 14.8 Å². The van der Waals surface area contributed by atoms with Crippen molar-refractivity contribution < 1.29 is 14.3 Å². The third kappa shape index (κ3) is 3.14. The normalized spacial score (nSPS) is 10.3. The summed E-state index contributed by atoms with van der Waals surface area (Å²) >= 11 is 6.80. The van der Waals surface area contributed by atoms with E-state index in [1.807, 2.05) is 18.2 Å². The van der Waals surface area contributed by atoms with Gasteiger partial charge in [0.15, 0.2) is 0 Å². The minimum Gasteiger partial charge on any atom is -0.475 e. The van der Waals surface area contributed by atoms with Crippen LogP contribution in [0.25, 0.3) is 0 Å². The van der Waals surface area contributed by atoms with E-state index in [0.717, 1.165) is 14.6 Å². The summed E-state index contributed by atoms with van der Waals surface area (Å²) in [6.45, 7) is 0.424. The zero-order valence-electron chi connectivity index (χ0n) is 9.11. The maximum Gasteiger partial charge on any atom is 0.371 e. The predicted molar refractivity (Wildman–Crippen MR) is 74.8 cm³/mol. The molecular formula is C12H9Br2NO3. The molecule has 4 nitrogen and oxygen atoms in total. The molecule has 0 aliphatic carbocycles. The Labute approximate surface area is 120 Å². The van der Waals surface area contributed by atoms with Gasteiger partial charge in [-0.3, -0.25) is 0 Å². The summed E-state index contributed by atoms with van der Waals surface area (Å²) in [5.41, 5.74) is 0.909. The van der Waals surface area contributed by atoms with E-state index in [1.165, 1.54) is 6.07 Å². The molecule has 0 spiro atoms. The molecule has 0 atom stereocenters. The van der Waals surface area contributed by atoms with Gasteiger partial charge in [0.2, 0.25) is 5.76 Å². The van der Waals surface area contributed by atoms with Crippen molar-refractivity contribution >= 4 is 43.5 Å². The highest BCUT2D eigenvalue weighted by molar-refractivity contribution is 9.11. The highest BCUT2D eigenvalue weighted by Crippen LogP contribution is 2.26. The van der Waals surface area contributed by atoms with Crippen LogP contribution >= 0.6 is 31.9 Å². The van der Waals surface area contributed by atoms with Crippen LogP contribution in [0, 0.1) is 0 Å². The molecule has 0 radical (unpaired) electrons. The second-order valence-electron chi connectivity index (χ2n) is 3.55. The van der Waals surface area contributed by atoms with Crippen LogP contribution in [-0.4, -0.2) is 11.1 Å². The van der Waals surface area contributed by atoms with Crippen LogP contribution in [0.5, 0.6) is 0 Å². The molecule has 2 rings (SSSR count). The summed E-state index contributed by atoms with van der Waals surface area (Å²) in [6, 6.07) is 8.83. The monoisotopic (exact) mass is 373 g/mol. The molecule has 0 saturated carbocycles. The first-order valence-corrected chi connectivity index (χ1v) is 6.66. The summed E-state index contributed by atoms with van der Waals surface area (Å²) in [5.74, 6) is -0.546. The first-order valence-electron chi connectivity index (χ1n) is 5.07. The molecule has 0 aliphatic heterocycles. The lowest BCUT2D eigenvalue weighted by molar-refractivity contribution is 0.0660. The van der Waals surface area contributed by atoms with E-state index >= 15 is 0 Å². The number of anilines is 1. The van der Waals surface area contributed by atoms with Gasteiger partial charge in [-0.25, -0.2) is 4.79 Å². The molecule has 0 fully saturated rings. The minimum absolute atomic E-state index is 0.0540. The summed E-state index contributed by atoms with van der Waals surface area (Å²) in [7, 11) is 0. The highest BCUT2D eigenvalue weighted by atomic mass is 79.9. The van der Waals surface area contributed by atoms with E-state index in [-0.39, 0.29) is 5.76 Å². The summed E-state index contributed by atoms with van der Waals surface area (Å²) in [6.07, 6.45) is 0. The number of carboxylic acid groups (broad SMARTS) is 1. The first kappa shape index (κ1) is 13.2. The van der Waals surface area contributed by atoms with Gasteiger partial charge in [-0.2, -0.15) is 0 Å². The third-order valence-corrected chi connectivity index (χ3v) is 3.41. The van der Waals surface area contributed by atoms with Crippen molar-refractivity contribution in [3.8, 4) is 0 Å². The number of carboxylic acids is 1. The van der Waals surface area contributed by atoms with Gasteiger partial charge in [-0.05, 0) is 46.3 Å². The average molecular weight is 375 g/mol. The largest absolute Gasteiger partial charge is 0.475 e. The molecule has 2 N–H and O–H groups in total. The molecule has 94 valence electrons. The summed E-state index contributed by atoms with van der Waals surface area (Å²) < 4.78 is 7.04. The Kier molecular flexibility index (Phi) is 4.08. The van der Waals surface area contributed by atoms with Crippen LogP contribution in [0.2, 0.25) is 0 Å². The van der Waals surface area contributed by atoms with E-state index in [1.54, 1.807) is 6.07 Å². The molecule has 0 aliphatic rings. The van der Waals surface area contributed by atoms with Crippen molar-refractivity contribution in [2.75, 3.05) is 5.32 Å². The molecule has 2 aromatic rings. The van der Waals surface area contributed by atoms with Gasteiger partial charge in [0.25, 0.3) is 0 Å². The van der Waals surface area contributed by atoms with Crippen molar-refractivity contribution in [1.82, 2.24) is 0 Å². The van der Waals surface area contributed by atoms with Crippen molar-refractivity contribution in [2.24, 2.45) is 0 Å². The second-order valence-corrected chi connectivity index (χ2v) is 5.32. The number of furan rings is 1. The maximum absolute atomic E-state index is 10.7. The lowest BCUT2D eigenvalue weighted by Crippen LogP contribution is -1.99. The SMILES string of the molecule is O=C(O)c1ccc(CNc2ccc(Br)cc2Br)o1. The average Bonchev–Trinajstić information content (AvgIpc) is 2.76. The van der Waals surface area contributed by atoms with Crippen LogP contribution in [0.1, 0.15) is 16.3 Å². The van der Waals surface area contributed by atoms with Gasteiger partial charge in [0.1, 0.15) is 5.76 Å². The molecule has 0 amide bonds. The van der Waals surface area contributed by atoms with E-state index in [9.17, 15) is 4.79 Å².